The second-order valence-electron chi connectivity index (χ2n) is 29.8. The fourth-order valence-corrected chi connectivity index (χ4v) is 13.6. The summed E-state index contributed by atoms with van der Waals surface area (Å²) >= 11 is 0. The Morgan fingerprint density at radius 3 is 1.78 bits per heavy atom. The molecule has 3 rings (SSSR count). The van der Waals surface area contributed by atoms with Crippen LogP contribution >= 0.6 is 0 Å². The zero-order chi connectivity index (χ0) is 71.6. The summed E-state index contributed by atoms with van der Waals surface area (Å²) in [6.07, 6.45) is -2.98. The smallest absolute Gasteiger partial charge is 0.311 e. The van der Waals surface area contributed by atoms with Gasteiger partial charge in [-0.2, -0.15) is 0 Å². The van der Waals surface area contributed by atoms with Crippen molar-refractivity contribution < 1.29 is 105 Å². The number of unbranched alkanes of at least 4 members (excludes halogenated alkanes) is 1. The van der Waals surface area contributed by atoms with Crippen molar-refractivity contribution in [3.8, 4) is 0 Å². The number of esters is 1. The van der Waals surface area contributed by atoms with E-state index in [1.807, 2.05) is 13.0 Å². The summed E-state index contributed by atoms with van der Waals surface area (Å²) in [6.45, 7) is 19.6. The van der Waals surface area contributed by atoms with Gasteiger partial charge in [0.1, 0.15) is 12.2 Å². The number of likely N-dealkylation sites (N-methyl/N-ethyl adjacent to an activating group) is 1. The van der Waals surface area contributed by atoms with Crippen molar-refractivity contribution in [1.29, 1.82) is 0 Å². The Morgan fingerprint density at radius 2 is 1.18 bits per heavy atom. The number of cyclic esters (lactones) is 1. The molecule has 0 amide bonds. The van der Waals surface area contributed by atoms with Gasteiger partial charge >= 0.3 is 5.97 Å². The third-order valence-electron chi connectivity index (χ3n) is 20.8. The Kier molecular flexibility index (Phi) is 39.7. The van der Waals surface area contributed by atoms with Crippen molar-refractivity contribution in [3.05, 3.63) is 47.6 Å². The molecule has 2 bridgehead atoms. The van der Waals surface area contributed by atoms with Gasteiger partial charge in [-0.05, 0) is 167 Å². The maximum Gasteiger partial charge on any atom is 0.311 e. The molecule has 556 valence electrons. The van der Waals surface area contributed by atoms with Crippen LogP contribution in [0.25, 0.3) is 0 Å². The quantitative estimate of drug-likeness (QED) is 0.0806. The summed E-state index contributed by atoms with van der Waals surface area (Å²) in [4.78, 5) is 15.4. The summed E-state index contributed by atoms with van der Waals surface area (Å²) in [7, 11) is 3.41. The van der Waals surface area contributed by atoms with Crippen LogP contribution in [0, 0.1) is 41.4 Å². The highest BCUT2D eigenvalue weighted by atomic mass is 16.7. The molecule has 2 saturated heterocycles. The molecule has 22 heteroatoms. The number of hydrogen-bond donors (Lipinski definition) is 16. The maximum atomic E-state index is 13.7. The number of allylic oxidation sites excluding steroid dienone is 2. The Hall–Kier alpha value is -2.37. The van der Waals surface area contributed by atoms with Gasteiger partial charge in [0.15, 0.2) is 12.1 Å². The second-order valence-corrected chi connectivity index (χ2v) is 29.8. The van der Waals surface area contributed by atoms with Gasteiger partial charge in [0.25, 0.3) is 0 Å². The van der Waals surface area contributed by atoms with Crippen LogP contribution in [0.15, 0.2) is 47.6 Å². The Morgan fingerprint density at radius 1 is 0.611 bits per heavy atom. The van der Waals surface area contributed by atoms with E-state index in [4.69, 9.17) is 18.9 Å². The molecule has 0 saturated carbocycles. The highest BCUT2D eigenvalue weighted by molar-refractivity contribution is 5.71. The zero-order valence-electron chi connectivity index (χ0n) is 59.8. The Bertz CT molecular complexity index is 2240. The molecular weight excluding hydrogens is 1230 g/mol. The van der Waals surface area contributed by atoms with E-state index in [1.54, 1.807) is 92.6 Å². The van der Waals surface area contributed by atoms with Gasteiger partial charge in [-0.25, -0.2) is 0 Å². The van der Waals surface area contributed by atoms with Gasteiger partial charge in [-0.15, -0.1) is 0 Å². The van der Waals surface area contributed by atoms with Gasteiger partial charge in [0.2, 0.25) is 0 Å². The summed E-state index contributed by atoms with van der Waals surface area (Å²) in [5, 5.41) is 179. The lowest BCUT2D eigenvalue weighted by atomic mass is 9.80. The normalized spacial score (nSPS) is 42.2. The van der Waals surface area contributed by atoms with Gasteiger partial charge in [0.05, 0.1) is 116 Å². The fraction of sp³-hybridized carbons (Fsp3) is 0.877. The van der Waals surface area contributed by atoms with E-state index in [9.17, 15) is 86.5 Å². The van der Waals surface area contributed by atoms with E-state index in [0.717, 1.165) is 19.3 Å². The first-order chi connectivity index (χ1) is 44.5. The summed E-state index contributed by atoms with van der Waals surface area (Å²) in [6, 6.07) is -0.776. The van der Waals surface area contributed by atoms with E-state index in [0.29, 0.717) is 68.4 Å². The lowest BCUT2D eigenvalue weighted by Gasteiger charge is -2.50. The lowest BCUT2D eigenvalue weighted by Crippen LogP contribution is -2.64. The zero-order valence-corrected chi connectivity index (χ0v) is 59.8. The molecule has 0 aromatic heterocycles. The van der Waals surface area contributed by atoms with E-state index in [2.05, 4.69) is 13.8 Å². The van der Waals surface area contributed by atoms with Crippen molar-refractivity contribution >= 4 is 5.97 Å². The van der Waals surface area contributed by atoms with E-state index >= 15 is 0 Å². The standard InChI is InChI=1S/C73H133NO21/c1-42(2)21-14-16-23-52-35-45(5)64(86)38-55(77)26-19-29-59(81)47(7)58(80)27-17-15-22-44(4)69(88)49(9)65-40-66(94-72-71(90)68(74(12)13)70(89)51(11)93-72)50(10)73(91,95-65)41-67(87)92-46(6)32-33-56(78)36-53(75)24-18-28-60(82)48(8)61(83)34-31-43(3)63(85)39-57(79)37-54(76)25-20-30-62(52)84/h15,17,22,32-33,35,42-43,46-66,68-72,75-86,88-91H,14,16,18-21,23-31,34,36-41H2,1-13H3. The molecule has 95 heavy (non-hydrogen) atoms. The van der Waals surface area contributed by atoms with Crippen LogP contribution in [-0.2, 0) is 23.7 Å². The molecule has 16 N–H and O–H groups in total. The first-order valence-corrected chi connectivity index (χ1v) is 35.9. The minimum atomic E-state index is -2.25. The average molecular weight is 1360 g/mol. The van der Waals surface area contributed by atoms with E-state index in [-0.39, 0.29) is 76.0 Å². The minimum absolute atomic E-state index is 0.0120. The number of ether oxygens (including phenoxy) is 4. The van der Waals surface area contributed by atoms with Crippen LogP contribution in [0.1, 0.15) is 217 Å². The molecule has 28 atom stereocenters. The predicted octanol–water partition coefficient (Wildman–Crippen LogP) is 5.53. The van der Waals surface area contributed by atoms with Gasteiger partial charge in [-0.1, -0.05) is 98.1 Å². The third kappa shape index (κ3) is 30.4. The topological polar surface area (TPSA) is 381 Å². The molecule has 0 spiro atoms. The van der Waals surface area contributed by atoms with Crippen molar-refractivity contribution in [2.45, 2.75) is 352 Å². The second kappa shape index (κ2) is 43.4. The predicted molar refractivity (Wildman–Crippen MR) is 364 cm³/mol. The molecule has 0 aliphatic carbocycles. The molecule has 2 fully saturated rings. The largest absolute Gasteiger partial charge is 0.458 e. The lowest BCUT2D eigenvalue weighted by molar-refractivity contribution is -0.351. The SMILES string of the molecule is CC1=CC(CCCCC(C)C)C(O)CCCC(O)CC(O)CC(O)C(C)CCC(O)C(C)C(O)CCCC(O)CC(O)C=CC(C)OC(=O)CC2(O)OC(CC(OC3OC(C)C(O)C(N(C)C)C3O)C2C)C(C)C(O)C(C)=CC=CCC(O)C(C)C(O)CCCC(O)CC1O. The maximum absolute atomic E-state index is 13.7. The van der Waals surface area contributed by atoms with Crippen molar-refractivity contribution in [2.75, 3.05) is 14.1 Å². The van der Waals surface area contributed by atoms with Crippen LogP contribution < -0.4 is 0 Å². The molecule has 0 aromatic rings. The monoisotopic (exact) mass is 1360 g/mol. The minimum Gasteiger partial charge on any atom is -0.458 e. The van der Waals surface area contributed by atoms with Crippen LogP contribution in [0.2, 0.25) is 0 Å². The third-order valence-corrected chi connectivity index (χ3v) is 20.8. The van der Waals surface area contributed by atoms with Gasteiger partial charge in [0, 0.05) is 48.9 Å². The van der Waals surface area contributed by atoms with Crippen LogP contribution in [0.4, 0.5) is 0 Å². The Labute approximate surface area is 568 Å². The first kappa shape index (κ1) is 86.8. The summed E-state index contributed by atoms with van der Waals surface area (Å²) in [5.74, 6) is -5.97. The van der Waals surface area contributed by atoms with Crippen molar-refractivity contribution in [3.63, 3.8) is 0 Å². The molecule has 3 aliphatic heterocycles. The molecule has 28 unspecified atom stereocenters. The number of aliphatic hydroxyl groups is 16. The number of rotatable bonds is 8. The molecule has 0 aromatic carbocycles. The van der Waals surface area contributed by atoms with Crippen LogP contribution in [-0.4, -0.2) is 241 Å². The number of carbonyl (C=O) groups excluding carboxylic acids is 1. The fourth-order valence-electron chi connectivity index (χ4n) is 13.6. The summed E-state index contributed by atoms with van der Waals surface area (Å²) < 4.78 is 24.5. The molecule has 22 nitrogen and oxygen atoms in total. The van der Waals surface area contributed by atoms with Crippen LogP contribution in [0.5, 0.6) is 0 Å². The van der Waals surface area contributed by atoms with Crippen molar-refractivity contribution in [1.82, 2.24) is 4.90 Å². The highest BCUT2D eigenvalue weighted by Gasteiger charge is 2.53. The molecular formula is C73H133NO21. The van der Waals surface area contributed by atoms with Crippen molar-refractivity contribution in [2.24, 2.45) is 41.4 Å². The number of carbonyl (C=O) groups is 1. The average Bonchev–Trinajstić information content (AvgIpc) is 0.774. The number of aliphatic hydroxyl groups excluding tert-OH is 15. The van der Waals surface area contributed by atoms with Crippen LogP contribution in [0.3, 0.4) is 0 Å². The van der Waals surface area contributed by atoms with Gasteiger partial charge in [-0.3, -0.25) is 4.79 Å². The Balaban J connectivity index is 1.84. The van der Waals surface area contributed by atoms with E-state index in [1.165, 1.54) is 12.2 Å². The highest BCUT2D eigenvalue weighted by Crippen LogP contribution is 2.42. The van der Waals surface area contributed by atoms with Gasteiger partial charge < -0.3 is 106 Å². The molecule has 0 radical (unpaired) electrons. The molecule has 3 heterocycles. The van der Waals surface area contributed by atoms with E-state index < -0.39 is 170 Å². The first-order valence-electron chi connectivity index (χ1n) is 35.9. The molecule has 3 aliphatic rings. The number of fused-ring (bicyclic) bond motifs is 2. The number of hydrogen-bond acceptors (Lipinski definition) is 22. The number of nitrogens with zero attached hydrogens (tertiary/aromatic N) is 1. The summed E-state index contributed by atoms with van der Waals surface area (Å²) in [5.41, 5.74) is 1.12.